The Balaban J connectivity index is 1.90. The molecule has 1 saturated heterocycles. The lowest BCUT2D eigenvalue weighted by Gasteiger charge is -2.30. The lowest BCUT2D eigenvalue weighted by molar-refractivity contribution is -0.907. The molecule has 0 spiro atoms. The first-order chi connectivity index (χ1) is 13.5. The second-order valence-electron chi connectivity index (χ2n) is 7.19. The van der Waals surface area contributed by atoms with Crippen molar-refractivity contribution < 1.29 is 23.2 Å². The van der Waals surface area contributed by atoms with E-state index in [1.54, 1.807) is 54.6 Å². The highest BCUT2D eigenvalue weighted by atomic mass is 32.2. The van der Waals surface area contributed by atoms with Crippen LogP contribution in [0.2, 0.25) is 0 Å². The third-order valence-electron chi connectivity index (χ3n) is 5.15. The van der Waals surface area contributed by atoms with E-state index < -0.39 is 16.1 Å². The minimum Gasteiger partial charge on any atom is -0.495 e. The number of sulfonamides is 1. The van der Waals surface area contributed by atoms with Gasteiger partial charge in [-0.15, -0.1) is 0 Å². The molecule has 0 amide bonds. The Hall–Kier alpha value is -2.09. The third-order valence-corrected chi connectivity index (χ3v) is 6.94. The molecular weight excluding hydrogens is 376 g/mol. The van der Waals surface area contributed by atoms with Crippen molar-refractivity contribution in [3.63, 3.8) is 0 Å². The molecule has 2 N–H and O–H groups in total. The molecule has 0 saturated carbocycles. The van der Waals surface area contributed by atoms with Crippen LogP contribution in [0.25, 0.3) is 0 Å². The first-order valence-corrected chi connectivity index (χ1v) is 11.2. The normalized spacial score (nSPS) is 16.5. The molecule has 1 aliphatic rings. The number of aliphatic hydroxyl groups is 1. The number of anilines is 1. The topological polar surface area (TPSA) is 71.3 Å². The second kappa shape index (κ2) is 9.41. The molecule has 28 heavy (non-hydrogen) atoms. The lowest BCUT2D eigenvalue weighted by atomic mass is 10.1. The molecule has 2 aromatic carbocycles. The fourth-order valence-corrected chi connectivity index (χ4v) is 5.26. The minimum atomic E-state index is -3.84. The molecular formula is C21H29N2O4S+. The van der Waals surface area contributed by atoms with E-state index in [-0.39, 0.29) is 11.4 Å². The van der Waals surface area contributed by atoms with Gasteiger partial charge >= 0.3 is 0 Å². The Bertz CT molecular complexity index is 852. The van der Waals surface area contributed by atoms with Crippen molar-refractivity contribution in [1.29, 1.82) is 0 Å². The molecule has 152 valence electrons. The molecule has 0 aliphatic carbocycles. The number of piperidine rings is 1. The summed E-state index contributed by atoms with van der Waals surface area (Å²) in [6.45, 7) is 2.57. The molecule has 1 atom stereocenters. The van der Waals surface area contributed by atoms with Crippen LogP contribution in [0.1, 0.15) is 19.3 Å². The van der Waals surface area contributed by atoms with Crippen molar-refractivity contribution in [2.75, 3.05) is 37.6 Å². The number of hydrogen-bond donors (Lipinski definition) is 2. The van der Waals surface area contributed by atoms with Gasteiger partial charge in [0, 0.05) is 0 Å². The highest BCUT2D eigenvalue weighted by Gasteiger charge is 2.30. The summed E-state index contributed by atoms with van der Waals surface area (Å²) in [5.74, 6) is 0.458. The van der Waals surface area contributed by atoms with E-state index in [0.29, 0.717) is 18.0 Å². The second-order valence-corrected chi connectivity index (χ2v) is 9.05. The fourth-order valence-electron chi connectivity index (χ4n) is 3.73. The zero-order valence-electron chi connectivity index (χ0n) is 16.3. The predicted molar refractivity (Wildman–Crippen MR) is 109 cm³/mol. The predicted octanol–water partition coefficient (Wildman–Crippen LogP) is 1.32. The van der Waals surface area contributed by atoms with Gasteiger partial charge in [0.25, 0.3) is 10.0 Å². The van der Waals surface area contributed by atoms with E-state index in [1.807, 2.05) is 0 Å². The first-order valence-electron chi connectivity index (χ1n) is 9.75. The fraction of sp³-hybridized carbons (Fsp3) is 0.429. The molecule has 3 rings (SSSR count). The molecule has 6 nitrogen and oxygen atoms in total. The number of likely N-dealkylation sites (tertiary alicyclic amines) is 1. The van der Waals surface area contributed by atoms with Gasteiger partial charge in [-0.2, -0.15) is 0 Å². The highest BCUT2D eigenvalue weighted by molar-refractivity contribution is 7.92. The number of methoxy groups -OCH3 is 1. The van der Waals surface area contributed by atoms with E-state index in [0.717, 1.165) is 25.9 Å². The zero-order chi connectivity index (χ0) is 20.0. The van der Waals surface area contributed by atoms with Crippen LogP contribution in [-0.2, 0) is 10.0 Å². The van der Waals surface area contributed by atoms with Gasteiger partial charge in [0.1, 0.15) is 18.4 Å². The van der Waals surface area contributed by atoms with Crippen LogP contribution in [-0.4, -0.2) is 52.9 Å². The van der Waals surface area contributed by atoms with Crippen molar-refractivity contribution in [2.24, 2.45) is 0 Å². The molecule has 1 aliphatic heterocycles. The molecule has 0 radical (unpaired) electrons. The molecule has 1 fully saturated rings. The number of quaternary nitrogens is 1. The van der Waals surface area contributed by atoms with Gasteiger partial charge in [0.05, 0.1) is 37.3 Å². The summed E-state index contributed by atoms with van der Waals surface area (Å²) >= 11 is 0. The number of nitrogens with zero attached hydrogens (tertiary/aromatic N) is 1. The lowest BCUT2D eigenvalue weighted by Crippen LogP contribution is -3.14. The molecule has 2 aromatic rings. The van der Waals surface area contributed by atoms with Crippen molar-refractivity contribution in [3.05, 3.63) is 54.6 Å². The number of para-hydroxylation sites is 2. The zero-order valence-corrected chi connectivity index (χ0v) is 17.1. The van der Waals surface area contributed by atoms with Crippen molar-refractivity contribution in [3.8, 4) is 5.75 Å². The average Bonchev–Trinajstić information content (AvgIpc) is 2.73. The first kappa shape index (κ1) is 20.6. The summed E-state index contributed by atoms with van der Waals surface area (Å²) in [5.41, 5.74) is 0.432. The van der Waals surface area contributed by atoms with Gasteiger partial charge in [0.15, 0.2) is 0 Å². The largest absolute Gasteiger partial charge is 0.495 e. The average molecular weight is 406 g/mol. The molecule has 7 heteroatoms. The van der Waals surface area contributed by atoms with Gasteiger partial charge in [-0.3, -0.25) is 4.31 Å². The SMILES string of the molecule is COc1ccccc1N(CC(O)C[NH+]1CCCCC1)S(=O)(=O)c1ccccc1. The monoisotopic (exact) mass is 405 g/mol. The van der Waals surface area contributed by atoms with E-state index in [2.05, 4.69) is 0 Å². The maximum Gasteiger partial charge on any atom is 0.264 e. The number of benzene rings is 2. The summed E-state index contributed by atoms with van der Waals surface area (Å²) in [7, 11) is -2.32. The van der Waals surface area contributed by atoms with E-state index >= 15 is 0 Å². The third kappa shape index (κ3) is 4.84. The van der Waals surface area contributed by atoms with Crippen LogP contribution in [0, 0.1) is 0 Å². The van der Waals surface area contributed by atoms with Gasteiger partial charge in [-0.05, 0) is 43.5 Å². The Morgan fingerprint density at radius 2 is 1.68 bits per heavy atom. The number of ether oxygens (including phenoxy) is 1. The summed E-state index contributed by atoms with van der Waals surface area (Å²) in [6.07, 6.45) is 2.77. The maximum atomic E-state index is 13.4. The summed E-state index contributed by atoms with van der Waals surface area (Å²) in [4.78, 5) is 1.52. The van der Waals surface area contributed by atoms with Gasteiger partial charge in [0.2, 0.25) is 0 Å². The molecule has 1 unspecified atom stereocenters. The van der Waals surface area contributed by atoms with Crippen LogP contribution >= 0.6 is 0 Å². The Labute approximate surface area is 167 Å². The van der Waals surface area contributed by atoms with Gasteiger partial charge in [-0.25, -0.2) is 8.42 Å². The van der Waals surface area contributed by atoms with Gasteiger partial charge < -0.3 is 14.7 Å². The van der Waals surface area contributed by atoms with Crippen LogP contribution in [0.4, 0.5) is 5.69 Å². The molecule has 0 bridgehead atoms. The smallest absolute Gasteiger partial charge is 0.264 e. The van der Waals surface area contributed by atoms with E-state index in [1.165, 1.54) is 22.7 Å². The highest BCUT2D eigenvalue weighted by Crippen LogP contribution is 2.32. The van der Waals surface area contributed by atoms with Crippen LogP contribution in [0.3, 0.4) is 0 Å². The quantitative estimate of drug-likeness (QED) is 0.695. The van der Waals surface area contributed by atoms with Gasteiger partial charge in [-0.1, -0.05) is 30.3 Å². The molecule has 1 heterocycles. The van der Waals surface area contributed by atoms with Crippen LogP contribution in [0.15, 0.2) is 59.5 Å². The Kier molecular flexibility index (Phi) is 6.93. The number of aliphatic hydroxyl groups excluding tert-OH is 1. The molecule has 0 aromatic heterocycles. The Morgan fingerprint density at radius 1 is 1.04 bits per heavy atom. The van der Waals surface area contributed by atoms with Crippen LogP contribution in [0.5, 0.6) is 5.75 Å². The summed E-state index contributed by atoms with van der Waals surface area (Å²) in [6, 6.07) is 15.3. The number of hydrogen-bond acceptors (Lipinski definition) is 4. The van der Waals surface area contributed by atoms with Crippen molar-refractivity contribution >= 4 is 15.7 Å². The van der Waals surface area contributed by atoms with Crippen molar-refractivity contribution in [2.45, 2.75) is 30.3 Å². The van der Waals surface area contributed by atoms with Crippen molar-refractivity contribution in [1.82, 2.24) is 0 Å². The summed E-state index contributed by atoms with van der Waals surface area (Å²) in [5, 5.41) is 10.7. The van der Waals surface area contributed by atoms with Crippen LogP contribution < -0.4 is 13.9 Å². The maximum absolute atomic E-state index is 13.4. The Morgan fingerprint density at radius 3 is 2.36 bits per heavy atom. The number of nitrogens with one attached hydrogen (secondary N) is 1. The summed E-state index contributed by atoms with van der Waals surface area (Å²) < 4.78 is 33.4. The van der Waals surface area contributed by atoms with E-state index in [4.69, 9.17) is 4.74 Å². The number of rotatable bonds is 8. The van der Waals surface area contributed by atoms with E-state index in [9.17, 15) is 13.5 Å². The standard InChI is InChI=1S/C21H28N2O4S/c1-27-21-13-7-6-12-20(21)23(28(25,26)19-10-4-2-5-11-19)17-18(24)16-22-14-8-3-9-15-22/h2,4-7,10-13,18,24H,3,8-9,14-17H2,1H3/p+1. The minimum absolute atomic E-state index is 0.0128.